The summed E-state index contributed by atoms with van der Waals surface area (Å²) in [4.78, 5) is 23.1. The molecule has 1 amide bonds. The Labute approximate surface area is 149 Å². The maximum atomic E-state index is 13.0. The molecule has 1 aromatic carbocycles. The summed E-state index contributed by atoms with van der Waals surface area (Å²) >= 11 is 0. The van der Waals surface area contributed by atoms with Crippen molar-refractivity contribution < 1.29 is 9.18 Å². The van der Waals surface area contributed by atoms with Crippen LogP contribution in [0.4, 0.5) is 4.39 Å². The molecule has 0 spiro atoms. The molecular formula is C17H18FN7O. The third-order valence-corrected chi connectivity index (χ3v) is 4.51. The number of piperidine rings is 1. The number of aromatic amines is 1. The summed E-state index contributed by atoms with van der Waals surface area (Å²) in [5.74, 6) is 1.13. The molecule has 2 aromatic heterocycles. The molecule has 1 aliphatic rings. The second-order valence-electron chi connectivity index (χ2n) is 6.30. The molecule has 1 fully saturated rings. The molecule has 0 aliphatic carbocycles. The average molecular weight is 355 g/mol. The predicted molar refractivity (Wildman–Crippen MR) is 90.4 cm³/mol. The van der Waals surface area contributed by atoms with E-state index in [1.54, 1.807) is 24.5 Å². The molecule has 0 bridgehead atoms. The molecule has 8 nitrogen and oxygen atoms in total. The molecular weight excluding hydrogens is 337 g/mol. The Balaban J connectivity index is 1.41. The smallest absolute Gasteiger partial charge is 0.246 e. The van der Waals surface area contributed by atoms with Crippen LogP contribution in [0.2, 0.25) is 0 Å². The summed E-state index contributed by atoms with van der Waals surface area (Å²) in [5, 5.41) is 12.1. The highest BCUT2D eigenvalue weighted by Crippen LogP contribution is 2.24. The molecule has 0 unspecified atom stereocenters. The first-order valence-electron chi connectivity index (χ1n) is 8.50. The number of rotatable bonds is 4. The molecule has 0 saturated carbocycles. The number of amides is 1. The Kier molecular flexibility index (Phi) is 4.42. The topological polar surface area (TPSA) is 92.6 Å². The number of nitrogens with one attached hydrogen (secondary N) is 1. The van der Waals surface area contributed by atoms with Crippen LogP contribution >= 0.6 is 0 Å². The molecule has 1 atom stereocenters. The Morgan fingerprint density at radius 1 is 1.31 bits per heavy atom. The van der Waals surface area contributed by atoms with Gasteiger partial charge in [0.05, 0.1) is 0 Å². The number of likely N-dealkylation sites (tertiary alicyclic amines) is 1. The SMILES string of the molecule is O=C(Cn1nnc(-c2ccc(F)cc2)n1)N1CCC[C@H](c2ncc[nH]2)C1. The summed E-state index contributed by atoms with van der Waals surface area (Å²) in [7, 11) is 0. The molecule has 3 aromatic rings. The molecule has 134 valence electrons. The zero-order valence-electron chi connectivity index (χ0n) is 14.0. The number of tetrazole rings is 1. The lowest BCUT2D eigenvalue weighted by Gasteiger charge is -2.31. The first kappa shape index (κ1) is 16.4. The summed E-state index contributed by atoms with van der Waals surface area (Å²) < 4.78 is 13.0. The van der Waals surface area contributed by atoms with Gasteiger partial charge in [-0.15, -0.1) is 10.2 Å². The van der Waals surface area contributed by atoms with E-state index in [9.17, 15) is 9.18 Å². The quantitative estimate of drug-likeness (QED) is 0.767. The van der Waals surface area contributed by atoms with Crippen molar-refractivity contribution in [3.8, 4) is 11.4 Å². The Morgan fingerprint density at radius 3 is 2.92 bits per heavy atom. The van der Waals surface area contributed by atoms with E-state index < -0.39 is 0 Å². The predicted octanol–water partition coefficient (Wildman–Crippen LogP) is 1.61. The fourth-order valence-corrected chi connectivity index (χ4v) is 3.17. The van der Waals surface area contributed by atoms with Crippen molar-refractivity contribution in [2.75, 3.05) is 13.1 Å². The van der Waals surface area contributed by atoms with E-state index in [-0.39, 0.29) is 24.2 Å². The standard InChI is InChI=1S/C17H18FN7O/c18-14-5-3-12(4-6-14)17-21-23-25(22-17)11-15(26)24-9-1-2-13(10-24)16-19-7-8-20-16/h3-8,13H,1-2,9-11H2,(H,19,20)/t13-/m0/s1. The van der Waals surface area contributed by atoms with Gasteiger partial charge in [0.1, 0.15) is 18.2 Å². The highest BCUT2D eigenvalue weighted by Gasteiger charge is 2.26. The van der Waals surface area contributed by atoms with Gasteiger partial charge in [-0.2, -0.15) is 4.80 Å². The lowest BCUT2D eigenvalue weighted by Crippen LogP contribution is -2.41. The number of aromatic nitrogens is 6. The van der Waals surface area contributed by atoms with E-state index >= 15 is 0 Å². The van der Waals surface area contributed by atoms with Crippen LogP contribution in [0.15, 0.2) is 36.7 Å². The molecule has 0 radical (unpaired) electrons. The van der Waals surface area contributed by atoms with Crippen molar-refractivity contribution in [3.05, 3.63) is 48.3 Å². The summed E-state index contributed by atoms with van der Waals surface area (Å²) in [6.07, 6.45) is 5.47. The summed E-state index contributed by atoms with van der Waals surface area (Å²) in [6, 6.07) is 5.83. The van der Waals surface area contributed by atoms with Gasteiger partial charge in [-0.05, 0) is 42.3 Å². The van der Waals surface area contributed by atoms with Crippen LogP contribution in [0.5, 0.6) is 0 Å². The van der Waals surface area contributed by atoms with E-state index in [0.717, 1.165) is 25.2 Å². The van der Waals surface area contributed by atoms with Crippen LogP contribution in [0.1, 0.15) is 24.6 Å². The number of carbonyl (C=O) groups is 1. The van der Waals surface area contributed by atoms with E-state index in [1.165, 1.54) is 16.9 Å². The lowest BCUT2D eigenvalue weighted by molar-refractivity contribution is -0.133. The van der Waals surface area contributed by atoms with E-state index in [0.29, 0.717) is 17.9 Å². The molecule has 1 aliphatic heterocycles. The molecule has 3 heterocycles. The van der Waals surface area contributed by atoms with Crippen LogP contribution in [-0.4, -0.2) is 54.1 Å². The van der Waals surface area contributed by atoms with Crippen molar-refractivity contribution in [2.24, 2.45) is 0 Å². The zero-order valence-corrected chi connectivity index (χ0v) is 14.0. The first-order chi connectivity index (χ1) is 12.7. The Morgan fingerprint density at radius 2 is 2.15 bits per heavy atom. The average Bonchev–Trinajstić information content (AvgIpc) is 3.34. The van der Waals surface area contributed by atoms with Crippen molar-refractivity contribution in [1.29, 1.82) is 0 Å². The maximum Gasteiger partial charge on any atom is 0.246 e. The van der Waals surface area contributed by atoms with E-state index in [2.05, 4.69) is 25.4 Å². The van der Waals surface area contributed by atoms with E-state index in [1.807, 2.05) is 4.90 Å². The minimum Gasteiger partial charge on any atom is -0.348 e. The largest absolute Gasteiger partial charge is 0.348 e. The first-order valence-corrected chi connectivity index (χ1v) is 8.50. The summed E-state index contributed by atoms with van der Waals surface area (Å²) in [6.45, 7) is 1.38. The number of benzene rings is 1. The molecule has 1 N–H and O–H groups in total. The number of carbonyl (C=O) groups excluding carboxylic acids is 1. The molecule has 26 heavy (non-hydrogen) atoms. The highest BCUT2D eigenvalue weighted by molar-refractivity contribution is 5.76. The number of halogens is 1. The fourth-order valence-electron chi connectivity index (χ4n) is 3.17. The number of imidazole rings is 1. The maximum absolute atomic E-state index is 13.0. The highest BCUT2D eigenvalue weighted by atomic mass is 19.1. The monoisotopic (exact) mass is 355 g/mol. The van der Waals surface area contributed by atoms with Crippen molar-refractivity contribution in [1.82, 2.24) is 35.1 Å². The molecule has 1 saturated heterocycles. The van der Waals surface area contributed by atoms with Gasteiger partial charge in [0, 0.05) is 37.0 Å². The van der Waals surface area contributed by atoms with Crippen molar-refractivity contribution in [3.63, 3.8) is 0 Å². The normalized spacial score (nSPS) is 17.4. The lowest BCUT2D eigenvalue weighted by atomic mass is 9.97. The van der Waals surface area contributed by atoms with Gasteiger partial charge in [0.2, 0.25) is 11.7 Å². The van der Waals surface area contributed by atoms with Gasteiger partial charge in [0.25, 0.3) is 0 Å². The Hall–Kier alpha value is -3.10. The van der Waals surface area contributed by atoms with Crippen molar-refractivity contribution >= 4 is 5.91 Å². The minimum atomic E-state index is -0.326. The van der Waals surface area contributed by atoms with Crippen LogP contribution in [0.25, 0.3) is 11.4 Å². The van der Waals surface area contributed by atoms with Gasteiger partial charge in [-0.1, -0.05) is 0 Å². The second kappa shape index (κ2) is 7.03. The van der Waals surface area contributed by atoms with E-state index in [4.69, 9.17) is 0 Å². The third kappa shape index (κ3) is 3.46. The third-order valence-electron chi connectivity index (χ3n) is 4.51. The van der Waals surface area contributed by atoms with Crippen LogP contribution in [0, 0.1) is 5.82 Å². The van der Waals surface area contributed by atoms with Crippen LogP contribution < -0.4 is 0 Å². The van der Waals surface area contributed by atoms with Gasteiger partial charge < -0.3 is 9.88 Å². The van der Waals surface area contributed by atoms with Crippen LogP contribution in [0.3, 0.4) is 0 Å². The van der Waals surface area contributed by atoms with Crippen LogP contribution in [-0.2, 0) is 11.3 Å². The number of H-pyrrole nitrogens is 1. The number of hydrogen-bond donors (Lipinski definition) is 1. The van der Waals surface area contributed by atoms with Gasteiger partial charge in [-0.3, -0.25) is 4.79 Å². The molecule has 9 heteroatoms. The zero-order chi connectivity index (χ0) is 17.9. The second-order valence-corrected chi connectivity index (χ2v) is 6.30. The summed E-state index contributed by atoms with van der Waals surface area (Å²) in [5.41, 5.74) is 0.654. The van der Waals surface area contributed by atoms with Gasteiger partial charge >= 0.3 is 0 Å². The number of hydrogen-bond acceptors (Lipinski definition) is 5. The van der Waals surface area contributed by atoms with Gasteiger partial charge in [-0.25, -0.2) is 9.37 Å². The van der Waals surface area contributed by atoms with Gasteiger partial charge in [0.15, 0.2) is 0 Å². The Bertz CT molecular complexity index is 875. The fraction of sp³-hybridized carbons (Fsp3) is 0.353. The number of nitrogens with zero attached hydrogens (tertiary/aromatic N) is 6. The molecule has 4 rings (SSSR count). The van der Waals surface area contributed by atoms with Crippen molar-refractivity contribution in [2.45, 2.75) is 25.3 Å². The minimum absolute atomic E-state index is 0.0269.